The zero-order valence-electron chi connectivity index (χ0n) is 9.93. The maximum atomic E-state index is 13.2. The lowest BCUT2D eigenvalue weighted by Gasteiger charge is -2.06. The van der Waals surface area contributed by atoms with Crippen LogP contribution in [0.5, 0.6) is 0 Å². The number of hydrogen-bond donors (Lipinski definition) is 2. The average molecular weight is 278 g/mol. The number of carboxylic acid groups (broad SMARTS) is 1. The zero-order valence-corrected chi connectivity index (χ0v) is 9.93. The van der Waals surface area contributed by atoms with E-state index in [1.165, 1.54) is 12.1 Å². The summed E-state index contributed by atoms with van der Waals surface area (Å²) in [6, 6.07) is 5.36. The maximum absolute atomic E-state index is 13.2. The van der Waals surface area contributed by atoms with Crippen molar-refractivity contribution in [1.29, 1.82) is 0 Å². The van der Waals surface area contributed by atoms with E-state index >= 15 is 0 Å². The van der Waals surface area contributed by atoms with E-state index in [4.69, 9.17) is 5.11 Å². The van der Waals surface area contributed by atoms with Gasteiger partial charge in [0.05, 0.1) is 11.8 Å². The van der Waals surface area contributed by atoms with Crippen LogP contribution >= 0.6 is 0 Å². The summed E-state index contributed by atoms with van der Waals surface area (Å²) < 4.78 is 25.8. The Morgan fingerprint density at radius 1 is 1.15 bits per heavy atom. The summed E-state index contributed by atoms with van der Waals surface area (Å²) in [6.45, 7) is 0. The molecule has 2 aromatic rings. The van der Waals surface area contributed by atoms with Crippen molar-refractivity contribution in [2.45, 2.75) is 0 Å². The highest BCUT2D eigenvalue weighted by atomic mass is 19.1. The van der Waals surface area contributed by atoms with E-state index in [-0.39, 0.29) is 11.4 Å². The van der Waals surface area contributed by atoms with Crippen LogP contribution in [-0.2, 0) is 0 Å². The zero-order chi connectivity index (χ0) is 14.7. The fourth-order valence-electron chi connectivity index (χ4n) is 1.47. The molecule has 0 bridgehead atoms. The standard InChI is InChI=1S/C13H8F2N2O3/c14-7-1-4-11(16-6-7)12(18)17-8-2-3-10(15)9(5-8)13(19)20/h1-6H,(H,17,18)(H,19,20). The highest BCUT2D eigenvalue weighted by Crippen LogP contribution is 2.15. The molecule has 5 nitrogen and oxygen atoms in total. The molecule has 0 atom stereocenters. The highest BCUT2D eigenvalue weighted by molar-refractivity contribution is 6.03. The first kappa shape index (κ1) is 13.6. The van der Waals surface area contributed by atoms with Crippen LogP contribution in [0.25, 0.3) is 0 Å². The van der Waals surface area contributed by atoms with Gasteiger partial charge in [-0.05, 0) is 30.3 Å². The van der Waals surface area contributed by atoms with Crippen LogP contribution in [0.3, 0.4) is 0 Å². The molecule has 0 saturated carbocycles. The Kier molecular flexibility index (Phi) is 3.69. The first-order chi connectivity index (χ1) is 9.47. The van der Waals surface area contributed by atoms with Crippen molar-refractivity contribution in [2.24, 2.45) is 0 Å². The van der Waals surface area contributed by atoms with Crippen LogP contribution < -0.4 is 5.32 Å². The molecule has 1 heterocycles. The number of pyridine rings is 1. The molecule has 20 heavy (non-hydrogen) atoms. The van der Waals surface area contributed by atoms with Gasteiger partial charge in [-0.1, -0.05) is 0 Å². The van der Waals surface area contributed by atoms with Crippen molar-refractivity contribution in [3.8, 4) is 0 Å². The molecule has 0 spiro atoms. The minimum Gasteiger partial charge on any atom is -0.478 e. The predicted octanol–water partition coefficient (Wildman–Crippen LogP) is 2.31. The number of carboxylic acids is 1. The van der Waals surface area contributed by atoms with Gasteiger partial charge in [-0.2, -0.15) is 0 Å². The molecular formula is C13H8F2N2O3. The minimum absolute atomic E-state index is 0.0485. The van der Waals surface area contributed by atoms with Gasteiger partial charge in [0.15, 0.2) is 0 Å². The summed E-state index contributed by atoms with van der Waals surface area (Å²) in [4.78, 5) is 26.1. The molecule has 1 aromatic carbocycles. The molecule has 1 amide bonds. The molecule has 0 saturated heterocycles. The van der Waals surface area contributed by atoms with Crippen molar-refractivity contribution in [3.05, 3.63) is 59.4 Å². The molecule has 2 rings (SSSR count). The van der Waals surface area contributed by atoms with Crippen LogP contribution in [0.4, 0.5) is 14.5 Å². The molecule has 0 fully saturated rings. The van der Waals surface area contributed by atoms with Gasteiger partial charge in [-0.15, -0.1) is 0 Å². The first-order valence-corrected chi connectivity index (χ1v) is 5.43. The van der Waals surface area contributed by atoms with Gasteiger partial charge in [-0.25, -0.2) is 18.6 Å². The topological polar surface area (TPSA) is 79.3 Å². The SMILES string of the molecule is O=C(Nc1ccc(F)c(C(=O)O)c1)c1ccc(F)cn1. The molecule has 0 aliphatic carbocycles. The Balaban J connectivity index is 2.21. The number of carbonyl (C=O) groups is 2. The predicted molar refractivity (Wildman–Crippen MR) is 65.5 cm³/mol. The lowest BCUT2D eigenvalue weighted by Crippen LogP contribution is -2.14. The van der Waals surface area contributed by atoms with E-state index in [0.717, 1.165) is 24.4 Å². The number of halogens is 2. The van der Waals surface area contributed by atoms with E-state index in [9.17, 15) is 18.4 Å². The van der Waals surface area contributed by atoms with Crippen molar-refractivity contribution >= 4 is 17.6 Å². The van der Waals surface area contributed by atoms with Crippen LogP contribution in [-0.4, -0.2) is 22.0 Å². The molecule has 7 heteroatoms. The summed E-state index contributed by atoms with van der Waals surface area (Å²) in [5.74, 6) is -3.60. The number of aromatic nitrogens is 1. The summed E-state index contributed by atoms with van der Waals surface area (Å²) in [5.41, 5.74) is -0.512. The first-order valence-electron chi connectivity index (χ1n) is 5.43. The van der Waals surface area contributed by atoms with Gasteiger partial charge in [0.25, 0.3) is 5.91 Å². The van der Waals surface area contributed by atoms with E-state index in [1.807, 2.05) is 0 Å². The summed E-state index contributed by atoms with van der Waals surface area (Å²) in [7, 11) is 0. The van der Waals surface area contributed by atoms with Crippen molar-refractivity contribution in [2.75, 3.05) is 5.32 Å². The number of amides is 1. The number of nitrogens with zero attached hydrogens (tertiary/aromatic N) is 1. The van der Waals surface area contributed by atoms with E-state index in [2.05, 4.69) is 10.3 Å². The number of rotatable bonds is 3. The Bertz CT molecular complexity index is 672. The third kappa shape index (κ3) is 2.94. The third-order valence-electron chi connectivity index (χ3n) is 2.41. The smallest absolute Gasteiger partial charge is 0.338 e. The van der Waals surface area contributed by atoms with E-state index < -0.39 is 29.1 Å². The lowest BCUT2D eigenvalue weighted by molar-refractivity contribution is 0.0691. The average Bonchev–Trinajstić information content (AvgIpc) is 2.41. The molecule has 0 aliphatic heterocycles. The van der Waals surface area contributed by atoms with Crippen LogP contribution in [0.15, 0.2) is 36.5 Å². The van der Waals surface area contributed by atoms with Gasteiger partial charge in [0.2, 0.25) is 0 Å². The lowest BCUT2D eigenvalue weighted by atomic mass is 10.2. The van der Waals surface area contributed by atoms with Crippen LogP contribution in [0, 0.1) is 11.6 Å². The normalized spacial score (nSPS) is 10.1. The summed E-state index contributed by atoms with van der Waals surface area (Å²) in [5, 5.41) is 11.1. The Morgan fingerprint density at radius 3 is 2.50 bits per heavy atom. The molecule has 2 N–H and O–H groups in total. The molecular weight excluding hydrogens is 270 g/mol. The Labute approximate surface area is 111 Å². The van der Waals surface area contributed by atoms with Gasteiger partial charge < -0.3 is 10.4 Å². The maximum Gasteiger partial charge on any atom is 0.338 e. The number of aromatic carboxylic acids is 1. The van der Waals surface area contributed by atoms with Gasteiger partial charge in [0.1, 0.15) is 17.3 Å². The number of anilines is 1. The van der Waals surface area contributed by atoms with Gasteiger partial charge in [-0.3, -0.25) is 4.79 Å². The second-order valence-corrected chi connectivity index (χ2v) is 3.82. The second-order valence-electron chi connectivity index (χ2n) is 3.82. The van der Waals surface area contributed by atoms with Crippen LogP contribution in [0.1, 0.15) is 20.8 Å². The van der Waals surface area contributed by atoms with Gasteiger partial charge >= 0.3 is 5.97 Å². The van der Waals surface area contributed by atoms with Crippen molar-refractivity contribution in [1.82, 2.24) is 4.98 Å². The molecule has 0 unspecified atom stereocenters. The molecule has 0 aliphatic rings. The third-order valence-corrected chi connectivity index (χ3v) is 2.41. The molecule has 102 valence electrons. The largest absolute Gasteiger partial charge is 0.478 e. The van der Waals surface area contributed by atoms with Gasteiger partial charge in [0, 0.05) is 5.69 Å². The van der Waals surface area contributed by atoms with Crippen molar-refractivity contribution in [3.63, 3.8) is 0 Å². The number of nitrogens with one attached hydrogen (secondary N) is 1. The Hall–Kier alpha value is -2.83. The van der Waals surface area contributed by atoms with E-state index in [0.29, 0.717) is 0 Å². The van der Waals surface area contributed by atoms with Crippen molar-refractivity contribution < 1.29 is 23.5 Å². The van der Waals surface area contributed by atoms with E-state index in [1.54, 1.807) is 0 Å². The summed E-state index contributed by atoms with van der Waals surface area (Å²) in [6.07, 6.45) is 0.877. The number of benzene rings is 1. The number of hydrogen-bond acceptors (Lipinski definition) is 3. The quantitative estimate of drug-likeness (QED) is 0.903. The second kappa shape index (κ2) is 5.43. The molecule has 0 radical (unpaired) electrons. The highest BCUT2D eigenvalue weighted by Gasteiger charge is 2.13. The van der Waals surface area contributed by atoms with Crippen LogP contribution in [0.2, 0.25) is 0 Å². The minimum atomic E-state index is -1.45. The summed E-state index contributed by atoms with van der Waals surface area (Å²) >= 11 is 0. The fraction of sp³-hybridized carbons (Fsp3) is 0. The number of carbonyl (C=O) groups excluding carboxylic acids is 1. The Morgan fingerprint density at radius 2 is 1.90 bits per heavy atom. The fourth-order valence-corrected chi connectivity index (χ4v) is 1.47. The monoisotopic (exact) mass is 278 g/mol. The molecule has 1 aromatic heterocycles.